The Kier molecular flexibility index (Phi) is 2.44. The van der Waals surface area contributed by atoms with Gasteiger partial charge in [-0.2, -0.15) is 0 Å². The van der Waals surface area contributed by atoms with Gasteiger partial charge >= 0.3 is 8.74 Å². The molecule has 1 fully saturated rings. The average Bonchev–Trinajstić information content (AvgIpc) is 1.88. The fourth-order valence-corrected chi connectivity index (χ4v) is 3.03. The van der Waals surface area contributed by atoms with E-state index in [4.69, 9.17) is 0 Å². The van der Waals surface area contributed by atoms with Gasteiger partial charge in [-0.3, -0.25) is 8.22 Å². The maximum Gasteiger partial charge on any atom is 0.425 e. The van der Waals surface area contributed by atoms with Crippen molar-refractivity contribution in [3.05, 3.63) is 0 Å². The van der Waals surface area contributed by atoms with Gasteiger partial charge in [-0.25, -0.2) is 0 Å². The van der Waals surface area contributed by atoms with Crippen LogP contribution in [0.1, 0.15) is 32.1 Å². The molecule has 1 aliphatic carbocycles. The maximum atomic E-state index is 12.7. The van der Waals surface area contributed by atoms with Crippen molar-refractivity contribution in [1.82, 2.24) is 0 Å². The minimum absolute atomic E-state index is 0.193. The third-order valence-corrected chi connectivity index (χ3v) is 4.33. The molecule has 0 saturated heterocycles. The summed E-state index contributed by atoms with van der Waals surface area (Å²) in [5.41, 5.74) is -0.193. The second-order valence-corrected chi connectivity index (χ2v) is 6.02. The Morgan fingerprint density at radius 1 is 1.10 bits per heavy atom. The summed E-state index contributed by atoms with van der Waals surface area (Å²) in [6.45, 7) is 1.18. The molecule has 0 aromatic carbocycles. The molecular formula is C7H14F2Si. The molecule has 0 aromatic rings. The highest BCUT2D eigenvalue weighted by molar-refractivity contribution is 6.66. The molecule has 1 rings (SSSR count). The number of hydrogen-bond acceptors (Lipinski definition) is 0. The fourth-order valence-electron chi connectivity index (χ4n) is 1.61. The van der Waals surface area contributed by atoms with Gasteiger partial charge in [0.15, 0.2) is 0 Å². The summed E-state index contributed by atoms with van der Waals surface area (Å²) in [6, 6.07) is 0. The summed E-state index contributed by atoms with van der Waals surface area (Å²) in [7, 11) is -3.76. The van der Waals surface area contributed by atoms with Crippen molar-refractivity contribution in [1.29, 1.82) is 0 Å². The topological polar surface area (TPSA) is 0 Å². The average molecular weight is 164 g/mol. The van der Waals surface area contributed by atoms with E-state index in [2.05, 4.69) is 0 Å². The van der Waals surface area contributed by atoms with Crippen molar-refractivity contribution in [2.24, 2.45) is 0 Å². The van der Waals surface area contributed by atoms with Crippen LogP contribution in [0.15, 0.2) is 0 Å². The first-order valence-electron chi connectivity index (χ1n) is 3.98. The third-order valence-electron chi connectivity index (χ3n) is 2.32. The predicted molar refractivity (Wildman–Crippen MR) is 40.7 cm³/mol. The normalized spacial score (nSPS) is 23.1. The van der Waals surface area contributed by atoms with Gasteiger partial charge in [0.25, 0.3) is 0 Å². The summed E-state index contributed by atoms with van der Waals surface area (Å²) in [5.74, 6) is 0. The van der Waals surface area contributed by atoms with Crippen LogP contribution in [-0.4, -0.2) is 8.74 Å². The Balaban J connectivity index is 2.39. The summed E-state index contributed by atoms with van der Waals surface area (Å²) >= 11 is 0. The van der Waals surface area contributed by atoms with Gasteiger partial charge in [-0.05, 0) is 19.4 Å². The van der Waals surface area contributed by atoms with Gasteiger partial charge in [-0.1, -0.05) is 19.3 Å². The zero-order valence-electron chi connectivity index (χ0n) is 6.37. The molecule has 10 heavy (non-hydrogen) atoms. The lowest BCUT2D eigenvalue weighted by Crippen LogP contribution is -2.26. The molecule has 0 heterocycles. The van der Waals surface area contributed by atoms with Gasteiger partial charge in [0.2, 0.25) is 0 Å². The van der Waals surface area contributed by atoms with Crippen LogP contribution in [-0.2, 0) is 0 Å². The van der Waals surface area contributed by atoms with Gasteiger partial charge in [0.1, 0.15) is 0 Å². The minimum atomic E-state index is -3.76. The monoisotopic (exact) mass is 164 g/mol. The maximum absolute atomic E-state index is 12.7. The molecular weight excluding hydrogens is 150 g/mol. The Hall–Kier alpha value is 0.0769. The van der Waals surface area contributed by atoms with Crippen molar-refractivity contribution >= 4 is 8.74 Å². The highest BCUT2D eigenvalue weighted by Crippen LogP contribution is 2.37. The Bertz CT molecular complexity index is 103. The van der Waals surface area contributed by atoms with E-state index in [1.54, 1.807) is 0 Å². The van der Waals surface area contributed by atoms with E-state index in [0.717, 1.165) is 25.7 Å². The van der Waals surface area contributed by atoms with E-state index in [1.807, 2.05) is 0 Å². The quantitative estimate of drug-likeness (QED) is 0.412. The Morgan fingerprint density at radius 3 is 1.90 bits per heavy atom. The van der Waals surface area contributed by atoms with Gasteiger partial charge in [0.05, 0.1) is 0 Å². The van der Waals surface area contributed by atoms with Crippen LogP contribution in [0.2, 0.25) is 12.1 Å². The lowest BCUT2D eigenvalue weighted by molar-refractivity contribution is 0.438. The van der Waals surface area contributed by atoms with Crippen molar-refractivity contribution in [2.45, 2.75) is 44.2 Å². The molecule has 0 aromatic heterocycles. The van der Waals surface area contributed by atoms with E-state index in [0.29, 0.717) is 0 Å². The molecule has 0 nitrogen and oxygen atoms in total. The number of rotatable bonds is 1. The molecule has 0 spiro atoms. The summed E-state index contributed by atoms with van der Waals surface area (Å²) in [5, 5.41) is 0. The Labute approximate surface area is 62.0 Å². The third kappa shape index (κ3) is 2.04. The minimum Gasteiger partial charge on any atom is -0.270 e. The molecule has 3 heteroatoms. The molecule has 0 bridgehead atoms. The van der Waals surface area contributed by atoms with E-state index >= 15 is 0 Å². The summed E-state index contributed by atoms with van der Waals surface area (Å²) in [4.78, 5) is 0. The summed E-state index contributed by atoms with van der Waals surface area (Å²) < 4.78 is 25.5. The number of halogens is 2. The molecule has 0 atom stereocenters. The predicted octanol–water partition coefficient (Wildman–Crippen LogP) is 3.33. The summed E-state index contributed by atoms with van der Waals surface area (Å²) in [6.07, 6.45) is 4.80. The zero-order chi connectivity index (χ0) is 7.61. The van der Waals surface area contributed by atoms with Gasteiger partial charge < -0.3 is 0 Å². The molecule has 0 aliphatic heterocycles. The lowest BCUT2D eigenvalue weighted by Gasteiger charge is -2.24. The molecule has 60 valence electrons. The van der Waals surface area contributed by atoms with Crippen molar-refractivity contribution < 1.29 is 8.22 Å². The van der Waals surface area contributed by atoms with Crippen LogP contribution in [0.3, 0.4) is 0 Å². The second-order valence-electron chi connectivity index (χ2n) is 3.29. The van der Waals surface area contributed by atoms with Crippen LogP contribution in [0.4, 0.5) is 8.22 Å². The van der Waals surface area contributed by atoms with Crippen molar-refractivity contribution in [2.75, 3.05) is 0 Å². The fraction of sp³-hybridized carbons (Fsp3) is 1.00. The first-order valence-corrected chi connectivity index (χ1v) is 6.32. The molecule has 0 amide bonds. The molecule has 0 N–H and O–H groups in total. The van der Waals surface area contributed by atoms with Gasteiger partial charge in [-0.15, -0.1) is 0 Å². The SMILES string of the molecule is C[Si](F)(F)C1CCCCC1. The first kappa shape index (κ1) is 8.18. The zero-order valence-corrected chi connectivity index (χ0v) is 7.37. The first-order chi connectivity index (χ1) is 4.61. The highest BCUT2D eigenvalue weighted by Gasteiger charge is 2.39. The lowest BCUT2D eigenvalue weighted by atomic mass is 10.0. The van der Waals surface area contributed by atoms with E-state index < -0.39 is 8.74 Å². The second kappa shape index (κ2) is 2.99. The molecule has 0 unspecified atom stereocenters. The molecule has 1 saturated carbocycles. The van der Waals surface area contributed by atoms with Gasteiger partial charge in [0, 0.05) is 5.54 Å². The van der Waals surface area contributed by atoms with E-state index in [1.165, 1.54) is 13.0 Å². The smallest absolute Gasteiger partial charge is 0.270 e. The van der Waals surface area contributed by atoms with Crippen molar-refractivity contribution in [3.8, 4) is 0 Å². The van der Waals surface area contributed by atoms with Crippen LogP contribution in [0.5, 0.6) is 0 Å². The number of hydrogen-bond donors (Lipinski definition) is 0. The van der Waals surface area contributed by atoms with Crippen LogP contribution in [0, 0.1) is 0 Å². The standard InChI is InChI=1S/C7H14F2Si/c1-10(8,9)7-5-3-2-4-6-7/h7H,2-6H2,1H3. The van der Waals surface area contributed by atoms with Crippen LogP contribution < -0.4 is 0 Å². The van der Waals surface area contributed by atoms with E-state index in [-0.39, 0.29) is 5.54 Å². The van der Waals surface area contributed by atoms with Crippen LogP contribution >= 0.6 is 0 Å². The molecule has 0 radical (unpaired) electrons. The van der Waals surface area contributed by atoms with Crippen molar-refractivity contribution in [3.63, 3.8) is 0 Å². The molecule has 1 aliphatic rings. The largest absolute Gasteiger partial charge is 0.425 e. The highest BCUT2D eigenvalue weighted by atomic mass is 28.4. The Morgan fingerprint density at radius 2 is 1.60 bits per heavy atom. The van der Waals surface area contributed by atoms with E-state index in [9.17, 15) is 8.22 Å². The van der Waals surface area contributed by atoms with Crippen LogP contribution in [0.25, 0.3) is 0 Å².